The predicted octanol–water partition coefficient (Wildman–Crippen LogP) is 1.57. The fourth-order valence-corrected chi connectivity index (χ4v) is 3.55. The monoisotopic (exact) mass is 336 g/mol. The van der Waals surface area contributed by atoms with Gasteiger partial charge in [-0.05, 0) is 30.5 Å². The molecule has 132 valence electrons. The average Bonchev–Trinajstić information content (AvgIpc) is 3.04. The molecule has 1 N–H and O–H groups in total. The second kappa shape index (κ2) is 8.05. The van der Waals surface area contributed by atoms with Gasteiger partial charge in [-0.15, -0.1) is 0 Å². The summed E-state index contributed by atoms with van der Waals surface area (Å²) in [5.41, 5.74) is 0.451. The largest absolute Gasteiger partial charge is 0.388 e. The molecular weight excluding hydrogens is 311 g/mol. The van der Waals surface area contributed by atoms with E-state index in [9.17, 15) is 14.3 Å². The van der Waals surface area contributed by atoms with Crippen molar-refractivity contribution in [1.29, 1.82) is 0 Å². The van der Waals surface area contributed by atoms with Crippen LogP contribution in [0.3, 0.4) is 0 Å². The standard InChI is InChI=1S/C18H25FN2O3/c19-15-4-1-3-14(11-15)17(22)12-18(23)21-6-2-5-16(21)13-20-7-9-24-10-8-20/h1,3-4,11,16-17,22H,2,5-10,12-13H2/t16-,17+/m1/s1. The van der Waals surface area contributed by atoms with Crippen LogP contribution >= 0.6 is 0 Å². The van der Waals surface area contributed by atoms with Gasteiger partial charge in [0, 0.05) is 32.2 Å². The van der Waals surface area contributed by atoms with Gasteiger partial charge in [-0.25, -0.2) is 4.39 Å². The normalized spacial score (nSPS) is 23.4. The molecule has 0 spiro atoms. The number of aliphatic hydroxyl groups is 1. The molecule has 0 aromatic heterocycles. The minimum absolute atomic E-state index is 0.00304. The van der Waals surface area contributed by atoms with E-state index in [1.165, 1.54) is 12.1 Å². The Morgan fingerprint density at radius 3 is 2.88 bits per heavy atom. The summed E-state index contributed by atoms with van der Waals surface area (Å²) >= 11 is 0. The van der Waals surface area contributed by atoms with Crippen LogP contribution in [0.5, 0.6) is 0 Å². The van der Waals surface area contributed by atoms with Crippen LogP contribution in [0.2, 0.25) is 0 Å². The van der Waals surface area contributed by atoms with E-state index >= 15 is 0 Å². The Morgan fingerprint density at radius 1 is 1.33 bits per heavy atom. The number of benzene rings is 1. The van der Waals surface area contributed by atoms with Gasteiger partial charge in [-0.3, -0.25) is 9.69 Å². The van der Waals surface area contributed by atoms with Gasteiger partial charge in [0.05, 0.1) is 25.7 Å². The average molecular weight is 336 g/mol. The molecule has 24 heavy (non-hydrogen) atoms. The summed E-state index contributed by atoms with van der Waals surface area (Å²) in [5, 5.41) is 10.2. The molecule has 0 bridgehead atoms. The third kappa shape index (κ3) is 4.32. The molecule has 3 rings (SSSR count). The molecule has 2 aliphatic heterocycles. The first kappa shape index (κ1) is 17.3. The molecular formula is C18H25FN2O3. The zero-order valence-electron chi connectivity index (χ0n) is 13.9. The van der Waals surface area contributed by atoms with Crippen molar-refractivity contribution < 1.29 is 19.0 Å². The Bertz CT molecular complexity index is 563. The van der Waals surface area contributed by atoms with Crippen LogP contribution in [0.15, 0.2) is 24.3 Å². The molecule has 0 radical (unpaired) electrons. The van der Waals surface area contributed by atoms with Crippen LogP contribution in [0.1, 0.15) is 30.9 Å². The van der Waals surface area contributed by atoms with Crippen LogP contribution in [0, 0.1) is 5.82 Å². The second-order valence-electron chi connectivity index (χ2n) is 6.57. The summed E-state index contributed by atoms with van der Waals surface area (Å²) in [5.74, 6) is -0.451. The molecule has 0 unspecified atom stereocenters. The Kier molecular flexibility index (Phi) is 5.81. The molecule has 2 saturated heterocycles. The van der Waals surface area contributed by atoms with Crippen LogP contribution in [-0.4, -0.2) is 66.2 Å². The smallest absolute Gasteiger partial charge is 0.225 e. The first-order chi connectivity index (χ1) is 11.6. The molecule has 6 heteroatoms. The Balaban J connectivity index is 1.56. The lowest BCUT2D eigenvalue weighted by Crippen LogP contribution is -2.46. The van der Waals surface area contributed by atoms with Crippen molar-refractivity contribution in [2.45, 2.75) is 31.4 Å². The summed E-state index contributed by atoms with van der Waals surface area (Å²) in [6.07, 6.45) is 1.04. The van der Waals surface area contributed by atoms with E-state index in [0.717, 1.165) is 52.2 Å². The fourth-order valence-electron chi connectivity index (χ4n) is 3.55. The molecule has 1 aromatic carbocycles. The van der Waals surface area contributed by atoms with Crippen molar-refractivity contribution >= 4 is 5.91 Å². The number of amides is 1. The van der Waals surface area contributed by atoms with Crippen LogP contribution in [0.25, 0.3) is 0 Å². The minimum atomic E-state index is -0.960. The van der Waals surface area contributed by atoms with Gasteiger partial charge in [0.15, 0.2) is 0 Å². The first-order valence-corrected chi connectivity index (χ1v) is 8.66. The molecule has 1 aromatic rings. The molecule has 2 fully saturated rings. The number of nitrogens with zero attached hydrogens (tertiary/aromatic N) is 2. The maximum Gasteiger partial charge on any atom is 0.225 e. The quantitative estimate of drug-likeness (QED) is 0.887. The Hall–Kier alpha value is -1.50. The number of likely N-dealkylation sites (tertiary alicyclic amines) is 1. The van der Waals surface area contributed by atoms with E-state index < -0.39 is 11.9 Å². The molecule has 0 saturated carbocycles. The van der Waals surface area contributed by atoms with Crippen molar-refractivity contribution in [1.82, 2.24) is 9.80 Å². The van der Waals surface area contributed by atoms with Gasteiger partial charge in [-0.2, -0.15) is 0 Å². The molecule has 2 atom stereocenters. The third-order valence-electron chi connectivity index (χ3n) is 4.87. The second-order valence-corrected chi connectivity index (χ2v) is 6.57. The molecule has 2 aliphatic rings. The number of hydrogen-bond donors (Lipinski definition) is 1. The number of halogens is 1. The summed E-state index contributed by atoms with van der Waals surface area (Å²) in [4.78, 5) is 16.8. The minimum Gasteiger partial charge on any atom is -0.388 e. The SMILES string of the molecule is O=C(C[C@H](O)c1cccc(F)c1)N1CCC[C@@H]1CN1CCOCC1. The molecule has 0 aliphatic carbocycles. The van der Waals surface area contributed by atoms with Crippen LogP contribution in [-0.2, 0) is 9.53 Å². The van der Waals surface area contributed by atoms with E-state index in [1.54, 1.807) is 12.1 Å². The van der Waals surface area contributed by atoms with E-state index in [1.807, 2.05) is 4.90 Å². The summed E-state index contributed by atoms with van der Waals surface area (Å²) in [6.45, 7) is 4.92. The highest BCUT2D eigenvalue weighted by Crippen LogP contribution is 2.24. The zero-order chi connectivity index (χ0) is 16.9. The third-order valence-corrected chi connectivity index (χ3v) is 4.87. The summed E-state index contributed by atoms with van der Waals surface area (Å²) < 4.78 is 18.6. The Labute approximate surface area is 142 Å². The number of hydrogen-bond acceptors (Lipinski definition) is 4. The summed E-state index contributed by atoms with van der Waals surface area (Å²) in [6, 6.07) is 6.02. The lowest BCUT2D eigenvalue weighted by atomic mass is 10.1. The first-order valence-electron chi connectivity index (χ1n) is 8.66. The number of aliphatic hydroxyl groups excluding tert-OH is 1. The van der Waals surface area contributed by atoms with Gasteiger partial charge in [0.25, 0.3) is 0 Å². The number of ether oxygens (including phenoxy) is 1. The molecule has 1 amide bonds. The van der Waals surface area contributed by atoms with Crippen LogP contribution < -0.4 is 0 Å². The fraction of sp³-hybridized carbons (Fsp3) is 0.611. The van der Waals surface area contributed by atoms with Gasteiger partial charge in [0.1, 0.15) is 5.82 Å². The van der Waals surface area contributed by atoms with Crippen molar-refractivity contribution in [3.05, 3.63) is 35.6 Å². The van der Waals surface area contributed by atoms with Crippen LogP contribution in [0.4, 0.5) is 4.39 Å². The molecule has 5 nitrogen and oxygen atoms in total. The summed E-state index contributed by atoms with van der Waals surface area (Å²) in [7, 11) is 0. The Morgan fingerprint density at radius 2 is 2.12 bits per heavy atom. The lowest BCUT2D eigenvalue weighted by molar-refractivity contribution is -0.134. The topological polar surface area (TPSA) is 53.0 Å². The zero-order valence-corrected chi connectivity index (χ0v) is 13.9. The van der Waals surface area contributed by atoms with E-state index in [4.69, 9.17) is 4.74 Å². The highest BCUT2D eigenvalue weighted by atomic mass is 19.1. The number of morpholine rings is 1. The highest BCUT2D eigenvalue weighted by Gasteiger charge is 2.31. The van der Waals surface area contributed by atoms with Crippen molar-refractivity contribution in [3.63, 3.8) is 0 Å². The number of carbonyl (C=O) groups excluding carboxylic acids is 1. The highest BCUT2D eigenvalue weighted by molar-refractivity contribution is 5.77. The van der Waals surface area contributed by atoms with Crippen molar-refractivity contribution in [3.8, 4) is 0 Å². The lowest BCUT2D eigenvalue weighted by Gasteiger charge is -2.33. The van der Waals surface area contributed by atoms with E-state index in [-0.39, 0.29) is 18.4 Å². The van der Waals surface area contributed by atoms with Crippen molar-refractivity contribution in [2.75, 3.05) is 39.4 Å². The van der Waals surface area contributed by atoms with E-state index in [2.05, 4.69) is 4.90 Å². The van der Waals surface area contributed by atoms with E-state index in [0.29, 0.717) is 5.56 Å². The maximum atomic E-state index is 13.3. The van der Waals surface area contributed by atoms with Gasteiger partial charge in [-0.1, -0.05) is 12.1 Å². The van der Waals surface area contributed by atoms with Gasteiger partial charge in [0.2, 0.25) is 5.91 Å². The number of rotatable bonds is 5. The molecule has 2 heterocycles. The van der Waals surface area contributed by atoms with Gasteiger partial charge >= 0.3 is 0 Å². The van der Waals surface area contributed by atoms with Gasteiger partial charge < -0.3 is 14.7 Å². The predicted molar refractivity (Wildman–Crippen MR) is 88.0 cm³/mol. The van der Waals surface area contributed by atoms with Crippen molar-refractivity contribution in [2.24, 2.45) is 0 Å². The number of carbonyl (C=O) groups is 1. The maximum absolute atomic E-state index is 13.3.